The van der Waals surface area contributed by atoms with Crippen molar-refractivity contribution in [2.24, 2.45) is 0 Å². The molecule has 12 heteroatoms. The Labute approximate surface area is 219 Å². The summed E-state index contributed by atoms with van der Waals surface area (Å²) in [5, 5.41) is 0.365. The van der Waals surface area contributed by atoms with E-state index in [1.54, 1.807) is 12.3 Å². The van der Waals surface area contributed by atoms with Crippen LogP contribution < -0.4 is 4.72 Å². The van der Waals surface area contributed by atoms with E-state index in [2.05, 4.69) is 23.4 Å². The van der Waals surface area contributed by atoms with E-state index >= 15 is 4.39 Å². The SMILES string of the molecule is O=C(c1c(F)ccc(NS(=O)c2cccc(F)c2)c1F)c1c[nH]c2ncc(-c3ccc4nsnc4c3)cc12. The fourth-order valence-corrected chi connectivity index (χ4v) is 5.44. The molecule has 0 aliphatic carbocycles. The van der Waals surface area contributed by atoms with Gasteiger partial charge in [0.1, 0.15) is 39.3 Å². The summed E-state index contributed by atoms with van der Waals surface area (Å²) in [6.07, 6.45) is 2.95. The fraction of sp³-hybridized carbons (Fsp3) is 0. The maximum Gasteiger partial charge on any atom is 0.201 e. The third-order valence-corrected chi connectivity index (χ3v) is 7.54. The summed E-state index contributed by atoms with van der Waals surface area (Å²) >= 11 is 1.09. The van der Waals surface area contributed by atoms with Crippen molar-refractivity contribution in [1.29, 1.82) is 0 Å². The number of nitrogens with one attached hydrogen (secondary N) is 2. The molecule has 3 aromatic heterocycles. The Morgan fingerprint density at radius 3 is 2.63 bits per heavy atom. The van der Waals surface area contributed by atoms with E-state index in [0.29, 0.717) is 22.1 Å². The van der Waals surface area contributed by atoms with Crippen LogP contribution in [0.5, 0.6) is 0 Å². The lowest BCUT2D eigenvalue weighted by Crippen LogP contribution is -2.12. The first kappa shape index (κ1) is 23.9. The number of halogens is 3. The summed E-state index contributed by atoms with van der Waals surface area (Å²) in [5.41, 5.74) is 2.08. The highest BCUT2D eigenvalue weighted by Crippen LogP contribution is 2.30. The third-order valence-electron chi connectivity index (χ3n) is 5.89. The lowest BCUT2D eigenvalue weighted by Gasteiger charge is -2.11. The Kier molecular flexibility index (Phi) is 5.97. The molecule has 6 rings (SSSR count). The Morgan fingerprint density at radius 1 is 0.947 bits per heavy atom. The Morgan fingerprint density at radius 2 is 1.79 bits per heavy atom. The van der Waals surface area contributed by atoms with Crippen LogP contribution in [0.2, 0.25) is 0 Å². The van der Waals surface area contributed by atoms with E-state index < -0.39 is 39.8 Å². The lowest BCUT2D eigenvalue weighted by atomic mass is 9.99. The van der Waals surface area contributed by atoms with Crippen LogP contribution in [0.3, 0.4) is 0 Å². The average molecular weight is 550 g/mol. The van der Waals surface area contributed by atoms with E-state index in [1.807, 2.05) is 18.2 Å². The van der Waals surface area contributed by atoms with Crippen molar-refractivity contribution in [3.8, 4) is 11.1 Å². The molecule has 188 valence electrons. The second-order valence-corrected chi connectivity index (χ2v) is 9.97. The van der Waals surface area contributed by atoms with Crippen LogP contribution in [-0.2, 0) is 11.0 Å². The largest absolute Gasteiger partial charge is 0.345 e. The molecule has 0 aliphatic rings. The van der Waals surface area contributed by atoms with Gasteiger partial charge in [0.25, 0.3) is 0 Å². The van der Waals surface area contributed by atoms with Gasteiger partial charge in [0.2, 0.25) is 5.78 Å². The third kappa shape index (κ3) is 4.23. The minimum absolute atomic E-state index is 0.00644. The van der Waals surface area contributed by atoms with Crippen LogP contribution in [0.25, 0.3) is 33.2 Å². The van der Waals surface area contributed by atoms with Gasteiger partial charge in [-0.15, -0.1) is 0 Å². The summed E-state index contributed by atoms with van der Waals surface area (Å²) < 4.78 is 67.1. The zero-order chi connectivity index (χ0) is 26.4. The highest BCUT2D eigenvalue weighted by Gasteiger charge is 2.25. The molecular formula is C26H14F3N5O2S2. The molecule has 3 heterocycles. The summed E-state index contributed by atoms with van der Waals surface area (Å²) in [6, 6.07) is 14.1. The van der Waals surface area contributed by atoms with Gasteiger partial charge in [-0.05, 0) is 54.1 Å². The van der Waals surface area contributed by atoms with E-state index in [9.17, 15) is 17.8 Å². The topological polar surface area (TPSA) is 101 Å². The maximum absolute atomic E-state index is 15.4. The van der Waals surface area contributed by atoms with Crippen LogP contribution in [-0.4, -0.2) is 28.7 Å². The van der Waals surface area contributed by atoms with Crippen molar-refractivity contribution in [3.63, 3.8) is 0 Å². The van der Waals surface area contributed by atoms with Crippen LogP contribution >= 0.6 is 11.7 Å². The molecule has 1 atom stereocenters. The summed E-state index contributed by atoms with van der Waals surface area (Å²) in [7, 11) is -2.06. The number of aromatic amines is 1. The minimum Gasteiger partial charge on any atom is -0.345 e. The number of carbonyl (C=O) groups excluding carboxylic acids is 1. The number of anilines is 1. The van der Waals surface area contributed by atoms with Crippen LogP contribution in [0.1, 0.15) is 15.9 Å². The monoisotopic (exact) mass is 549 g/mol. The molecule has 0 radical (unpaired) electrons. The van der Waals surface area contributed by atoms with Gasteiger partial charge in [-0.1, -0.05) is 12.1 Å². The smallest absolute Gasteiger partial charge is 0.201 e. The quantitative estimate of drug-likeness (QED) is 0.248. The molecule has 7 nitrogen and oxygen atoms in total. The van der Waals surface area contributed by atoms with E-state index in [0.717, 1.165) is 41.0 Å². The van der Waals surface area contributed by atoms with Crippen molar-refractivity contribution in [2.75, 3.05) is 4.72 Å². The number of ketones is 1. The highest BCUT2D eigenvalue weighted by molar-refractivity contribution is 7.86. The van der Waals surface area contributed by atoms with Gasteiger partial charge >= 0.3 is 0 Å². The summed E-state index contributed by atoms with van der Waals surface area (Å²) in [6.45, 7) is 0. The van der Waals surface area contributed by atoms with E-state index in [4.69, 9.17) is 0 Å². The molecule has 2 N–H and O–H groups in total. The number of nitrogens with zero attached hydrogens (tertiary/aromatic N) is 3. The fourth-order valence-electron chi connectivity index (χ4n) is 4.03. The number of hydrogen-bond donors (Lipinski definition) is 2. The van der Waals surface area contributed by atoms with E-state index in [1.165, 1.54) is 24.4 Å². The lowest BCUT2D eigenvalue weighted by molar-refractivity contribution is 0.103. The van der Waals surface area contributed by atoms with Gasteiger partial charge < -0.3 is 4.98 Å². The number of carbonyl (C=O) groups is 1. The molecule has 1 unspecified atom stereocenters. The molecule has 0 spiro atoms. The number of benzene rings is 3. The van der Waals surface area contributed by atoms with Crippen LogP contribution in [0, 0.1) is 17.5 Å². The molecule has 0 aliphatic heterocycles. The Bertz CT molecular complexity index is 1900. The first-order chi connectivity index (χ1) is 18.4. The molecule has 3 aromatic carbocycles. The normalized spacial score (nSPS) is 12.2. The average Bonchev–Trinajstić information content (AvgIpc) is 3.56. The van der Waals surface area contributed by atoms with Crippen molar-refractivity contribution < 1.29 is 22.2 Å². The van der Waals surface area contributed by atoms with Gasteiger partial charge in [0.15, 0.2) is 5.82 Å². The van der Waals surface area contributed by atoms with Gasteiger partial charge in [0, 0.05) is 28.9 Å². The first-order valence-electron chi connectivity index (χ1n) is 11.1. The number of hydrogen-bond acceptors (Lipinski definition) is 6. The predicted molar refractivity (Wildman–Crippen MR) is 139 cm³/mol. The van der Waals surface area contributed by atoms with Crippen molar-refractivity contribution in [1.82, 2.24) is 18.7 Å². The van der Waals surface area contributed by atoms with Crippen molar-refractivity contribution in [2.45, 2.75) is 4.90 Å². The zero-order valence-corrected chi connectivity index (χ0v) is 20.7. The highest BCUT2D eigenvalue weighted by atomic mass is 32.2. The Hall–Kier alpha value is -4.42. The molecule has 0 saturated carbocycles. The van der Waals surface area contributed by atoms with Gasteiger partial charge in [-0.2, -0.15) is 8.75 Å². The van der Waals surface area contributed by atoms with Crippen molar-refractivity contribution in [3.05, 3.63) is 102 Å². The van der Waals surface area contributed by atoms with Gasteiger partial charge in [0.05, 0.1) is 27.9 Å². The zero-order valence-electron chi connectivity index (χ0n) is 19.0. The van der Waals surface area contributed by atoms with Gasteiger partial charge in [-0.3, -0.25) is 9.52 Å². The first-order valence-corrected chi connectivity index (χ1v) is 12.9. The number of pyridine rings is 1. The Balaban J connectivity index is 1.37. The van der Waals surface area contributed by atoms with Gasteiger partial charge in [-0.25, -0.2) is 22.4 Å². The summed E-state index contributed by atoms with van der Waals surface area (Å²) in [4.78, 5) is 20.7. The molecular weight excluding hydrogens is 535 g/mol. The second kappa shape index (κ2) is 9.47. The minimum atomic E-state index is -2.06. The predicted octanol–water partition coefficient (Wildman–Crippen LogP) is 6.02. The van der Waals surface area contributed by atoms with Crippen LogP contribution in [0.4, 0.5) is 18.9 Å². The molecule has 38 heavy (non-hydrogen) atoms. The number of aromatic nitrogens is 4. The second-order valence-electron chi connectivity index (χ2n) is 8.23. The number of fused-ring (bicyclic) bond motifs is 2. The number of rotatable bonds is 6. The van der Waals surface area contributed by atoms with Crippen molar-refractivity contribution >= 4 is 56.3 Å². The molecule has 0 fully saturated rings. The molecule has 0 bridgehead atoms. The summed E-state index contributed by atoms with van der Waals surface area (Å²) in [5.74, 6) is -3.86. The number of H-pyrrole nitrogens is 1. The van der Waals surface area contributed by atoms with E-state index in [-0.39, 0.29) is 16.1 Å². The van der Waals surface area contributed by atoms with Crippen LogP contribution in [0.15, 0.2) is 78.0 Å². The molecule has 0 amide bonds. The standard InChI is InChI=1S/C26H14F3N5O2S2/c27-15-2-1-3-16(10-15)38(36)34-21-7-5-19(28)23(24(21)29)25(35)18-12-31-26-17(18)8-14(11-30-26)13-4-6-20-22(9-13)33-37-32-20/h1-12,34H,(H,30,31). The molecule has 6 aromatic rings. The molecule has 0 saturated heterocycles. The maximum atomic E-state index is 15.4.